The second-order valence-electron chi connectivity index (χ2n) is 7.72. The molecule has 0 N–H and O–H groups in total. The number of aromatic nitrogens is 3. The van der Waals surface area contributed by atoms with Gasteiger partial charge in [0, 0.05) is 53.0 Å². The molecule has 5 rings (SSSR count). The van der Waals surface area contributed by atoms with Gasteiger partial charge in [0.2, 0.25) is 0 Å². The Bertz CT molecular complexity index is 1510. The molecular formula is C25H22ClN3O2S. The third-order valence-electron chi connectivity index (χ3n) is 5.78. The molecule has 0 spiro atoms. The first-order chi connectivity index (χ1) is 15.5. The summed E-state index contributed by atoms with van der Waals surface area (Å²) in [6.45, 7) is 3.18. The van der Waals surface area contributed by atoms with Gasteiger partial charge in [-0.25, -0.2) is 4.98 Å². The van der Waals surface area contributed by atoms with Gasteiger partial charge in [0.15, 0.2) is 0 Å². The fourth-order valence-electron chi connectivity index (χ4n) is 4.19. The summed E-state index contributed by atoms with van der Waals surface area (Å²) in [6, 6.07) is 15.7. The van der Waals surface area contributed by atoms with Crippen LogP contribution in [0.4, 0.5) is 0 Å². The Balaban J connectivity index is 1.71. The maximum absolute atomic E-state index is 13.2. The number of thiazole rings is 1. The molecule has 3 aromatic heterocycles. The molecule has 0 unspecified atom stereocenters. The molecule has 0 radical (unpaired) electrons. The molecule has 7 heteroatoms. The molecule has 0 saturated carbocycles. The third-order valence-corrected chi connectivity index (χ3v) is 6.85. The lowest BCUT2D eigenvalue weighted by Crippen LogP contribution is -2.20. The van der Waals surface area contributed by atoms with Crippen LogP contribution in [0.15, 0.2) is 58.7 Å². The molecule has 0 atom stereocenters. The minimum absolute atomic E-state index is 0.0361. The zero-order chi connectivity index (χ0) is 22.4. The molecule has 3 heterocycles. The van der Waals surface area contributed by atoms with Crippen LogP contribution in [0.5, 0.6) is 0 Å². The summed E-state index contributed by atoms with van der Waals surface area (Å²) in [5.74, 6) is 0. The standard InChI is InChI=1S/C25H22ClN3O2S/c1-4-31-13-23-27-21(14-32-23)16-7-10-22-19(11-16)20-12-18(15-5-8-17(26)9-6-15)25(30)29(3)24(20)28(22)2/h5-12,14H,4,13H2,1-3H3. The van der Waals surface area contributed by atoms with Crippen molar-refractivity contribution in [3.05, 3.63) is 74.3 Å². The van der Waals surface area contributed by atoms with E-state index in [1.807, 2.05) is 51.4 Å². The van der Waals surface area contributed by atoms with Gasteiger partial charge < -0.3 is 9.30 Å². The summed E-state index contributed by atoms with van der Waals surface area (Å²) in [5.41, 5.74) is 5.41. The number of benzene rings is 2. The van der Waals surface area contributed by atoms with Crippen molar-refractivity contribution in [2.75, 3.05) is 6.61 Å². The molecule has 5 nitrogen and oxygen atoms in total. The Hall–Kier alpha value is -2.93. The van der Waals surface area contributed by atoms with Crippen LogP contribution in [0.2, 0.25) is 5.02 Å². The predicted octanol–water partition coefficient (Wildman–Crippen LogP) is 6.01. The number of hydrogen-bond donors (Lipinski definition) is 0. The van der Waals surface area contributed by atoms with Crippen molar-refractivity contribution in [1.29, 1.82) is 0 Å². The maximum Gasteiger partial charge on any atom is 0.259 e. The smallest absolute Gasteiger partial charge is 0.259 e. The van der Waals surface area contributed by atoms with E-state index in [9.17, 15) is 4.79 Å². The van der Waals surface area contributed by atoms with E-state index in [2.05, 4.69) is 28.1 Å². The minimum Gasteiger partial charge on any atom is -0.375 e. The van der Waals surface area contributed by atoms with Crippen molar-refractivity contribution < 1.29 is 4.74 Å². The molecule has 0 fully saturated rings. The van der Waals surface area contributed by atoms with Gasteiger partial charge in [0.1, 0.15) is 10.7 Å². The van der Waals surface area contributed by atoms with E-state index in [1.165, 1.54) is 0 Å². The van der Waals surface area contributed by atoms with Gasteiger partial charge in [-0.2, -0.15) is 0 Å². The zero-order valence-corrected chi connectivity index (χ0v) is 19.6. The van der Waals surface area contributed by atoms with E-state index in [-0.39, 0.29) is 5.56 Å². The van der Waals surface area contributed by atoms with E-state index in [4.69, 9.17) is 21.3 Å². The number of nitrogens with zero attached hydrogens (tertiary/aromatic N) is 3. The Morgan fingerprint density at radius 1 is 1.00 bits per heavy atom. The van der Waals surface area contributed by atoms with Gasteiger partial charge in [-0.1, -0.05) is 29.8 Å². The molecule has 5 aromatic rings. The first-order valence-corrected chi connectivity index (χ1v) is 11.6. The highest BCUT2D eigenvalue weighted by atomic mass is 35.5. The van der Waals surface area contributed by atoms with Crippen LogP contribution in [-0.2, 0) is 25.4 Å². The van der Waals surface area contributed by atoms with Crippen LogP contribution in [0.1, 0.15) is 11.9 Å². The summed E-state index contributed by atoms with van der Waals surface area (Å²) in [7, 11) is 3.82. The van der Waals surface area contributed by atoms with Crippen LogP contribution in [0.25, 0.3) is 44.3 Å². The number of fused-ring (bicyclic) bond motifs is 3. The molecule has 0 saturated heterocycles. The molecular weight excluding hydrogens is 442 g/mol. The lowest BCUT2D eigenvalue weighted by atomic mass is 10.0. The van der Waals surface area contributed by atoms with Gasteiger partial charge in [-0.15, -0.1) is 11.3 Å². The number of pyridine rings is 1. The molecule has 0 aliphatic carbocycles. The highest BCUT2D eigenvalue weighted by Crippen LogP contribution is 2.33. The molecule has 32 heavy (non-hydrogen) atoms. The SMILES string of the molecule is CCOCc1nc(-c2ccc3c(c2)c2cc(-c4ccc(Cl)cc4)c(=O)n(C)c2n3C)cs1. The summed E-state index contributed by atoms with van der Waals surface area (Å²) < 4.78 is 9.29. The summed E-state index contributed by atoms with van der Waals surface area (Å²) >= 11 is 7.66. The highest BCUT2D eigenvalue weighted by Gasteiger charge is 2.17. The second kappa shape index (κ2) is 8.20. The third kappa shape index (κ3) is 3.45. The summed E-state index contributed by atoms with van der Waals surface area (Å²) in [6.07, 6.45) is 0. The van der Waals surface area contributed by atoms with Crippen LogP contribution in [0.3, 0.4) is 0 Å². The van der Waals surface area contributed by atoms with Crippen LogP contribution in [0, 0.1) is 0 Å². The number of ether oxygens (including phenoxy) is 1. The van der Waals surface area contributed by atoms with E-state index < -0.39 is 0 Å². The average Bonchev–Trinajstić information content (AvgIpc) is 3.38. The van der Waals surface area contributed by atoms with Gasteiger partial charge in [0.05, 0.1) is 17.8 Å². The van der Waals surface area contributed by atoms with Crippen LogP contribution < -0.4 is 5.56 Å². The Kier molecular flexibility index (Phi) is 5.37. The molecule has 162 valence electrons. The number of hydrogen-bond acceptors (Lipinski definition) is 4. The molecule has 0 amide bonds. The molecule has 0 bridgehead atoms. The van der Waals surface area contributed by atoms with Crippen molar-refractivity contribution in [3.63, 3.8) is 0 Å². The monoisotopic (exact) mass is 463 g/mol. The Labute approximate surface area is 194 Å². The van der Waals surface area contributed by atoms with Crippen molar-refractivity contribution in [1.82, 2.24) is 14.1 Å². The lowest BCUT2D eigenvalue weighted by molar-refractivity contribution is 0.134. The van der Waals surface area contributed by atoms with E-state index in [0.29, 0.717) is 23.8 Å². The number of rotatable bonds is 5. The molecule has 0 aliphatic rings. The first kappa shape index (κ1) is 20.9. The normalized spacial score (nSPS) is 11.6. The fraction of sp³-hybridized carbons (Fsp3) is 0.200. The van der Waals surface area contributed by atoms with Gasteiger partial charge in [-0.3, -0.25) is 9.36 Å². The molecule has 0 aliphatic heterocycles. The van der Waals surface area contributed by atoms with E-state index in [0.717, 1.165) is 43.8 Å². The van der Waals surface area contributed by atoms with Gasteiger partial charge in [-0.05, 0) is 42.8 Å². The number of halogens is 1. The van der Waals surface area contributed by atoms with E-state index in [1.54, 1.807) is 15.9 Å². The highest BCUT2D eigenvalue weighted by molar-refractivity contribution is 7.09. The van der Waals surface area contributed by atoms with Crippen molar-refractivity contribution in [2.24, 2.45) is 14.1 Å². The lowest BCUT2D eigenvalue weighted by Gasteiger charge is -2.08. The number of aryl methyl sites for hydroxylation is 2. The minimum atomic E-state index is -0.0361. The first-order valence-electron chi connectivity index (χ1n) is 10.4. The second-order valence-corrected chi connectivity index (χ2v) is 9.10. The van der Waals surface area contributed by atoms with Crippen LogP contribution >= 0.6 is 22.9 Å². The Morgan fingerprint density at radius 3 is 2.50 bits per heavy atom. The van der Waals surface area contributed by atoms with Crippen molar-refractivity contribution in [3.8, 4) is 22.4 Å². The fourth-order valence-corrected chi connectivity index (χ4v) is 5.05. The summed E-state index contributed by atoms with van der Waals surface area (Å²) in [4.78, 5) is 17.9. The van der Waals surface area contributed by atoms with E-state index >= 15 is 0 Å². The topological polar surface area (TPSA) is 49.0 Å². The summed E-state index contributed by atoms with van der Waals surface area (Å²) in [5, 5.41) is 5.79. The predicted molar refractivity (Wildman–Crippen MR) is 133 cm³/mol. The Morgan fingerprint density at radius 2 is 1.75 bits per heavy atom. The zero-order valence-electron chi connectivity index (χ0n) is 18.1. The quantitative estimate of drug-likeness (QED) is 0.320. The van der Waals surface area contributed by atoms with Gasteiger partial charge >= 0.3 is 0 Å². The largest absolute Gasteiger partial charge is 0.375 e. The maximum atomic E-state index is 13.2. The van der Waals surface area contributed by atoms with Gasteiger partial charge in [0.25, 0.3) is 5.56 Å². The average molecular weight is 464 g/mol. The molecule has 2 aromatic carbocycles. The van der Waals surface area contributed by atoms with Crippen molar-refractivity contribution in [2.45, 2.75) is 13.5 Å². The van der Waals surface area contributed by atoms with Crippen molar-refractivity contribution >= 4 is 44.9 Å². The van der Waals surface area contributed by atoms with Crippen LogP contribution in [-0.4, -0.2) is 20.7 Å².